The lowest BCUT2D eigenvalue weighted by Gasteiger charge is -2.31. The molecule has 1 amide bonds. The quantitative estimate of drug-likeness (QED) is 0.874. The highest BCUT2D eigenvalue weighted by molar-refractivity contribution is 5.85. The average Bonchev–Trinajstić information content (AvgIpc) is 2.88. The van der Waals surface area contributed by atoms with Gasteiger partial charge in [0, 0.05) is 31.8 Å². The topological polar surface area (TPSA) is 97.1 Å². The number of nitrogens with one attached hydrogen (secondary N) is 1. The van der Waals surface area contributed by atoms with Crippen LogP contribution in [0.3, 0.4) is 0 Å². The largest absolute Gasteiger partial charge is 0.384 e. The SMILES string of the molecule is COCC(=O)N1CCC(c2ccc3c(N)[nH]nc3n2)CC1. The second-order valence-electron chi connectivity index (χ2n) is 5.33. The second kappa shape index (κ2) is 5.69. The van der Waals surface area contributed by atoms with Crippen molar-refractivity contribution >= 4 is 22.8 Å². The fraction of sp³-hybridized carbons (Fsp3) is 0.500. The maximum absolute atomic E-state index is 11.8. The Labute approximate surface area is 122 Å². The van der Waals surface area contributed by atoms with Crippen molar-refractivity contribution in [2.75, 3.05) is 32.5 Å². The van der Waals surface area contributed by atoms with Crippen LogP contribution in [-0.2, 0) is 9.53 Å². The Kier molecular flexibility index (Phi) is 3.74. The second-order valence-corrected chi connectivity index (χ2v) is 5.33. The molecule has 21 heavy (non-hydrogen) atoms. The molecule has 1 fully saturated rings. The van der Waals surface area contributed by atoms with E-state index in [1.54, 1.807) is 7.11 Å². The lowest BCUT2D eigenvalue weighted by Crippen LogP contribution is -2.39. The number of pyridine rings is 1. The van der Waals surface area contributed by atoms with Gasteiger partial charge in [-0.1, -0.05) is 0 Å². The summed E-state index contributed by atoms with van der Waals surface area (Å²) >= 11 is 0. The molecule has 0 aromatic carbocycles. The first-order valence-electron chi connectivity index (χ1n) is 7.06. The number of aromatic amines is 1. The Morgan fingerprint density at radius 1 is 1.48 bits per heavy atom. The van der Waals surface area contributed by atoms with E-state index in [9.17, 15) is 4.79 Å². The highest BCUT2D eigenvalue weighted by Crippen LogP contribution is 2.28. The normalized spacial score (nSPS) is 16.5. The highest BCUT2D eigenvalue weighted by atomic mass is 16.5. The molecule has 1 aliphatic rings. The van der Waals surface area contributed by atoms with Crippen molar-refractivity contribution in [1.29, 1.82) is 0 Å². The van der Waals surface area contributed by atoms with Crippen LogP contribution in [0.1, 0.15) is 24.5 Å². The zero-order valence-corrected chi connectivity index (χ0v) is 12.0. The minimum absolute atomic E-state index is 0.0550. The number of hydrogen-bond acceptors (Lipinski definition) is 5. The predicted molar refractivity (Wildman–Crippen MR) is 78.7 cm³/mol. The highest BCUT2D eigenvalue weighted by Gasteiger charge is 2.24. The van der Waals surface area contributed by atoms with Crippen molar-refractivity contribution < 1.29 is 9.53 Å². The Morgan fingerprint density at radius 3 is 2.95 bits per heavy atom. The van der Waals surface area contributed by atoms with E-state index in [1.807, 2.05) is 17.0 Å². The molecule has 3 N–H and O–H groups in total. The van der Waals surface area contributed by atoms with Gasteiger partial charge in [0.05, 0.1) is 5.39 Å². The number of rotatable bonds is 3. The van der Waals surface area contributed by atoms with Crippen LogP contribution in [0.4, 0.5) is 5.82 Å². The fourth-order valence-corrected chi connectivity index (χ4v) is 2.80. The molecule has 0 radical (unpaired) electrons. The van der Waals surface area contributed by atoms with Crippen molar-refractivity contribution in [1.82, 2.24) is 20.1 Å². The van der Waals surface area contributed by atoms with Gasteiger partial charge in [0.2, 0.25) is 5.91 Å². The average molecular weight is 289 g/mol. The number of aromatic nitrogens is 3. The number of hydrogen-bond donors (Lipinski definition) is 2. The summed E-state index contributed by atoms with van der Waals surface area (Å²) in [6.07, 6.45) is 1.82. The van der Waals surface area contributed by atoms with Gasteiger partial charge in [-0.15, -0.1) is 0 Å². The molecule has 7 nitrogen and oxygen atoms in total. The predicted octanol–water partition coefficient (Wildman–Crippen LogP) is 0.893. The Balaban J connectivity index is 1.69. The maximum Gasteiger partial charge on any atom is 0.248 e. The fourth-order valence-electron chi connectivity index (χ4n) is 2.80. The van der Waals surface area contributed by atoms with Crippen LogP contribution in [0.2, 0.25) is 0 Å². The van der Waals surface area contributed by atoms with E-state index in [0.717, 1.165) is 37.0 Å². The number of H-pyrrole nitrogens is 1. The van der Waals surface area contributed by atoms with Gasteiger partial charge in [-0.25, -0.2) is 4.98 Å². The third-order valence-corrected chi connectivity index (χ3v) is 4.00. The van der Waals surface area contributed by atoms with Crippen LogP contribution in [0.25, 0.3) is 11.0 Å². The summed E-state index contributed by atoms with van der Waals surface area (Å²) < 4.78 is 4.89. The van der Waals surface area contributed by atoms with E-state index in [2.05, 4.69) is 15.2 Å². The minimum Gasteiger partial charge on any atom is -0.384 e. The first-order valence-corrected chi connectivity index (χ1v) is 7.06. The smallest absolute Gasteiger partial charge is 0.248 e. The summed E-state index contributed by atoms with van der Waals surface area (Å²) in [4.78, 5) is 18.2. The Morgan fingerprint density at radius 2 is 2.24 bits per heavy atom. The van der Waals surface area contributed by atoms with Crippen molar-refractivity contribution in [3.63, 3.8) is 0 Å². The van der Waals surface area contributed by atoms with Gasteiger partial charge in [0.15, 0.2) is 5.65 Å². The molecule has 3 rings (SSSR count). The Bertz CT molecular complexity index is 646. The molecule has 7 heteroatoms. The monoisotopic (exact) mass is 289 g/mol. The van der Waals surface area contributed by atoms with Crippen molar-refractivity contribution in [3.05, 3.63) is 17.8 Å². The van der Waals surface area contributed by atoms with Crippen LogP contribution < -0.4 is 5.73 Å². The number of likely N-dealkylation sites (tertiary alicyclic amines) is 1. The number of nitrogens with two attached hydrogens (primary N) is 1. The number of nitrogen functional groups attached to an aromatic ring is 1. The maximum atomic E-state index is 11.8. The van der Waals surface area contributed by atoms with Crippen molar-refractivity contribution in [3.8, 4) is 0 Å². The van der Waals surface area contributed by atoms with E-state index >= 15 is 0 Å². The summed E-state index contributed by atoms with van der Waals surface area (Å²) in [5.41, 5.74) is 7.45. The van der Waals surface area contributed by atoms with Crippen molar-refractivity contribution in [2.45, 2.75) is 18.8 Å². The first-order chi connectivity index (χ1) is 10.2. The number of fused-ring (bicyclic) bond motifs is 1. The zero-order valence-electron chi connectivity index (χ0n) is 12.0. The molecule has 2 aromatic rings. The van der Waals surface area contributed by atoms with Gasteiger partial charge in [-0.05, 0) is 25.0 Å². The Hall–Kier alpha value is -2.15. The molecule has 112 valence electrons. The minimum atomic E-state index is 0.0550. The third kappa shape index (κ3) is 2.69. The van der Waals surface area contributed by atoms with E-state index < -0.39 is 0 Å². The van der Waals surface area contributed by atoms with Crippen LogP contribution >= 0.6 is 0 Å². The molecule has 2 aromatic heterocycles. The van der Waals surface area contributed by atoms with Gasteiger partial charge < -0.3 is 15.4 Å². The molecule has 0 atom stereocenters. The number of amides is 1. The lowest BCUT2D eigenvalue weighted by molar-refractivity contribution is -0.136. The lowest BCUT2D eigenvalue weighted by atomic mass is 9.93. The molecule has 3 heterocycles. The van der Waals surface area contributed by atoms with Gasteiger partial charge in [-0.2, -0.15) is 5.10 Å². The van der Waals surface area contributed by atoms with Gasteiger partial charge in [0.25, 0.3) is 0 Å². The number of piperidine rings is 1. The van der Waals surface area contributed by atoms with E-state index in [4.69, 9.17) is 10.5 Å². The third-order valence-electron chi connectivity index (χ3n) is 4.00. The number of carbonyl (C=O) groups excluding carboxylic acids is 1. The summed E-state index contributed by atoms with van der Waals surface area (Å²) in [6, 6.07) is 3.96. The van der Waals surface area contributed by atoms with Gasteiger partial charge in [0.1, 0.15) is 12.4 Å². The summed E-state index contributed by atoms with van der Waals surface area (Å²) in [6.45, 7) is 1.64. The molecule has 0 unspecified atom stereocenters. The van der Waals surface area contributed by atoms with Crippen LogP contribution in [-0.4, -0.2) is 52.8 Å². The molecule has 0 aliphatic carbocycles. The number of ether oxygens (including phenoxy) is 1. The van der Waals surface area contributed by atoms with Crippen LogP contribution in [0, 0.1) is 0 Å². The number of carbonyl (C=O) groups is 1. The van der Waals surface area contributed by atoms with Crippen LogP contribution in [0.5, 0.6) is 0 Å². The standard InChI is InChI=1S/C14H19N5O2/c1-21-8-12(20)19-6-4-9(5-7-19)11-3-2-10-13(15)17-18-14(10)16-11/h2-3,9H,4-8H2,1H3,(H3,15,16,17,18). The van der Waals surface area contributed by atoms with Crippen molar-refractivity contribution in [2.24, 2.45) is 0 Å². The molecule has 0 spiro atoms. The molecule has 1 saturated heterocycles. The van der Waals surface area contributed by atoms with E-state index in [0.29, 0.717) is 17.4 Å². The molecule has 0 bridgehead atoms. The van der Waals surface area contributed by atoms with E-state index in [-0.39, 0.29) is 12.5 Å². The zero-order chi connectivity index (χ0) is 14.8. The molecule has 1 aliphatic heterocycles. The van der Waals surface area contributed by atoms with Gasteiger partial charge in [-0.3, -0.25) is 9.89 Å². The summed E-state index contributed by atoms with van der Waals surface area (Å²) in [5, 5.41) is 7.69. The van der Waals surface area contributed by atoms with Crippen LogP contribution in [0.15, 0.2) is 12.1 Å². The number of anilines is 1. The van der Waals surface area contributed by atoms with E-state index in [1.165, 1.54) is 0 Å². The molecule has 0 saturated carbocycles. The molecular formula is C14H19N5O2. The first kappa shape index (κ1) is 13.8. The molecular weight excluding hydrogens is 270 g/mol. The number of methoxy groups -OCH3 is 1. The number of nitrogens with zero attached hydrogens (tertiary/aromatic N) is 3. The summed E-state index contributed by atoms with van der Waals surface area (Å²) in [7, 11) is 1.54. The van der Waals surface area contributed by atoms with Gasteiger partial charge >= 0.3 is 0 Å². The summed E-state index contributed by atoms with van der Waals surface area (Å²) in [5.74, 6) is 0.961.